The average Bonchev–Trinajstić information content (AvgIpc) is 2.58. The third-order valence-electron chi connectivity index (χ3n) is 4.36. The van der Waals surface area contributed by atoms with E-state index in [1.807, 2.05) is 13.8 Å². The van der Waals surface area contributed by atoms with E-state index in [2.05, 4.69) is 5.32 Å². The molecule has 1 rings (SSSR count). The van der Waals surface area contributed by atoms with Crippen LogP contribution >= 0.6 is 12.4 Å². The topological polar surface area (TPSA) is 98.5 Å². The van der Waals surface area contributed by atoms with Gasteiger partial charge in [0.05, 0.1) is 17.8 Å². The van der Waals surface area contributed by atoms with Crippen LogP contribution in [0, 0.1) is 5.92 Å². The number of nitrogens with two attached hydrogens (primary N) is 1. The Balaban J connectivity index is 0.00000576. The number of carbonyl (C=O) groups excluding carboxylic acids is 1. The van der Waals surface area contributed by atoms with E-state index in [-0.39, 0.29) is 29.0 Å². The minimum Gasteiger partial charge on any atom is -0.497 e. The third-order valence-corrected chi connectivity index (χ3v) is 6.29. The van der Waals surface area contributed by atoms with Crippen LogP contribution in [0.2, 0.25) is 0 Å². The number of hydrogen-bond acceptors (Lipinski definition) is 5. The number of sulfone groups is 1. The monoisotopic (exact) mass is 392 g/mol. The van der Waals surface area contributed by atoms with E-state index < -0.39 is 21.3 Å². The highest BCUT2D eigenvalue weighted by molar-refractivity contribution is 7.91. The van der Waals surface area contributed by atoms with Crippen molar-refractivity contribution < 1.29 is 17.9 Å². The van der Waals surface area contributed by atoms with E-state index in [9.17, 15) is 13.2 Å². The summed E-state index contributed by atoms with van der Waals surface area (Å²) in [4.78, 5) is 12.4. The zero-order chi connectivity index (χ0) is 18.4. The van der Waals surface area contributed by atoms with Crippen molar-refractivity contribution in [2.75, 3.05) is 19.4 Å². The Bertz CT molecular complexity index is 643. The van der Waals surface area contributed by atoms with E-state index in [4.69, 9.17) is 10.5 Å². The smallest absolute Gasteiger partial charge is 0.223 e. The number of hydrogen-bond donors (Lipinski definition) is 2. The first kappa shape index (κ1) is 23.7. The molecule has 0 saturated carbocycles. The number of methoxy groups -OCH3 is 1. The Morgan fingerprint density at radius 3 is 2.20 bits per heavy atom. The predicted molar refractivity (Wildman–Crippen MR) is 102 cm³/mol. The Labute approximate surface area is 156 Å². The summed E-state index contributed by atoms with van der Waals surface area (Å²) in [6.45, 7) is 5.87. The van der Waals surface area contributed by atoms with Gasteiger partial charge in [0.2, 0.25) is 5.91 Å². The van der Waals surface area contributed by atoms with Crippen molar-refractivity contribution in [1.29, 1.82) is 0 Å². The van der Waals surface area contributed by atoms with Crippen LogP contribution in [0.5, 0.6) is 5.75 Å². The Hall–Kier alpha value is -1.31. The van der Waals surface area contributed by atoms with E-state index in [0.29, 0.717) is 12.3 Å². The first-order valence-electron chi connectivity index (χ1n) is 8.11. The third kappa shape index (κ3) is 6.84. The lowest BCUT2D eigenvalue weighted by Crippen LogP contribution is -2.50. The molecule has 1 amide bonds. The highest BCUT2D eigenvalue weighted by atomic mass is 35.5. The molecule has 1 aromatic carbocycles. The summed E-state index contributed by atoms with van der Waals surface area (Å²) < 4.78 is 29.8. The first-order valence-corrected chi connectivity index (χ1v) is 9.76. The molecule has 144 valence electrons. The van der Waals surface area contributed by atoms with Crippen molar-refractivity contribution in [3.63, 3.8) is 0 Å². The molecular formula is C17H29ClN2O4S. The highest BCUT2D eigenvalue weighted by Crippen LogP contribution is 2.18. The number of rotatable bonds is 9. The maximum atomic E-state index is 12.4. The van der Waals surface area contributed by atoms with Crippen LogP contribution < -0.4 is 15.8 Å². The summed E-state index contributed by atoms with van der Waals surface area (Å²) in [6, 6.07) is 6.14. The quantitative estimate of drug-likeness (QED) is 0.670. The van der Waals surface area contributed by atoms with Gasteiger partial charge in [-0.25, -0.2) is 8.42 Å². The van der Waals surface area contributed by atoms with Crippen molar-refractivity contribution in [3.05, 3.63) is 24.3 Å². The average molecular weight is 393 g/mol. The maximum absolute atomic E-state index is 12.4. The van der Waals surface area contributed by atoms with E-state index >= 15 is 0 Å². The largest absolute Gasteiger partial charge is 0.497 e. The van der Waals surface area contributed by atoms with Gasteiger partial charge in [0.1, 0.15) is 5.75 Å². The highest BCUT2D eigenvalue weighted by Gasteiger charge is 2.26. The molecule has 0 aliphatic carbocycles. The minimum atomic E-state index is -3.54. The fourth-order valence-corrected chi connectivity index (χ4v) is 3.77. The van der Waals surface area contributed by atoms with Crippen molar-refractivity contribution >= 4 is 28.2 Å². The van der Waals surface area contributed by atoms with Gasteiger partial charge < -0.3 is 15.8 Å². The van der Waals surface area contributed by atoms with Gasteiger partial charge in [-0.1, -0.05) is 20.8 Å². The second kappa shape index (κ2) is 9.99. The zero-order valence-electron chi connectivity index (χ0n) is 15.2. The van der Waals surface area contributed by atoms with E-state index in [0.717, 1.165) is 12.8 Å². The molecule has 0 aromatic heterocycles. The maximum Gasteiger partial charge on any atom is 0.223 e. The lowest BCUT2D eigenvalue weighted by molar-refractivity contribution is -0.124. The molecule has 6 nitrogen and oxygen atoms in total. The van der Waals surface area contributed by atoms with Gasteiger partial charge >= 0.3 is 0 Å². The normalized spacial score (nSPS) is 12.8. The van der Waals surface area contributed by atoms with E-state index in [1.165, 1.54) is 19.2 Å². The SMILES string of the molecule is CCC(N)(CC)CNC(=O)C(C)CS(=O)(=O)c1ccc(OC)cc1.Cl. The lowest BCUT2D eigenvalue weighted by Gasteiger charge is -2.27. The molecule has 1 unspecified atom stereocenters. The standard InChI is InChI=1S/C17H28N2O4S.ClH/c1-5-17(18,6-2)12-19-16(20)13(3)11-24(21,22)15-9-7-14(23-4)8-10-15;/h7-10,13H,5-6,11-12,18H2,1-4H3,(H,19,20);1H. The van der Waals surface area contributed by atoms with Gasteiger partial charge in [-0.2, -0.15) is 0 Å². The Morgan fingerprint density at radius 2 is 1.76 bits per heavy atom. The van der Waals surface area contributed by atoms with E-state index in [1.54, 1.807) is 19.1 Å². The van der Waals surface area contributed by atoms with Crippen LogP contribution in [-0.4, -0.2) is 39.3 Å². The Kier molecular flexibility index (Phi) is 9.47. The van der Waals surface area contributed by atoms with Crippen LogP contribution in [0.4, 0.5) is 0 Å². The van der Waals surface area contributed by atoms with Gasteiger partial charge in [-0.05, 0) is 37.1 Å². The minimum absolute atomic E-state index is 0. The van der Waals surface area contributed by atoms with Gasteiger partial charge in [0.25, 0.3) is 0 Å². The Morgan fingerprint density at radius 1 is 1.24 bits per heavy atom. The molecule has 3 N–H and O–H groups in total. The molecule has 0 radical (unpaired) electrons. The summed E-state index contributed by atoms with van der Waals surface area (Å²) >= 11 is 0. The second-order valence-corrected chi connectivity index (χ2v) is 8.18. The van der Waals surface area contributed by atoms with Gasteiger partial charge in [-0.15, -0.1) is 12.4 Å². The number of halogens is 1. The molecule has 1 aromatic rings. The first-order chi connectivity index (χ1) is 11.2. The van der Waals surface area contributed by atoms with Gasteiger partial charge in [0, 0.05) is 18.0 Å². The fraction of sp³-hybridized carbons (Fsp3) is 0.588. The summed E-state index contributed by atoms with van der Waals surface area (Å²) in [5, 5.41) is 2.77. The molecule has 0 spiro atoms. The summed E-state index contributed by atoms with van der Waals surface area (Å²) in [5.74, 6) is -0.627. The number of nitrogens with one attached hydrogen (secondary N) is 1. The van der Waals surface area contributed by atoms with Crippen LogP contribution in [-0.2, 0) is 14.6 Å². The fourth-order valence-electron chi connectivity index (χ4n) is 2.22. The van der Waals surface area contributed by atoms with Gasteiger partial charge in [0.15, 0.2) is 9.84 Å². The van der Waals surface area contributed by atoms with Crippen molar-refractivity contribution in [2.45, 2.75) is 44.0 Å². The molecule has 1 atom stereocenters. The van der Waals surface area contributed by atoms with Crippen LogP contribution in [0.15, 0.2) is 29.2 Å². The van der Waals surface area contributed by atoms with Crippen molar-refractivity contribution in [1.82, 2.24) is 5.32 Å². The molecule has 0 saturated heterocycles. The molecular weight excluding hydrogens is 364 g/mol. The molecule has 0 aliphatic rings. The summed E-state index contributed by atoms with van der Waals surface area (Å²) in [7, 11) is -2.03. The molecule has 0 bridgehead atoms. The number of benzene rings is 1. The summed E-state index contributed by atoms with van der Waals surface area (Å²) in [5.41, 5.74) is 5.69. The number of carbonyl (C=O) groups is 1. The second-order valence-electron chi connectivity index (χ2n) is 6.15. The molecule has 25 heavy (non-hydrogen) atoms. The predicted octanol–water partition coefficient (Wildman–Crippen LogP) is 2.16. The van der Waals surface area contributed by atoms with Crippen molar-refractivity contribution in [2.24, 2.45) is 11.7 Å². The van der Waals surface area contributed by atoms with Gasteiger partial charge in [-0.3, -0.25) is 4.79 Å². The van der Waals surface area contributed by atoms with Crippen LogP contribution in [0.25, 0.3) is 0 Å². The lowest BCUT2D eigenvalue weighted by atomic mass is 9.94. The molecule has 0 aliphatic heterocycles. The molecule has 8 heteroatoms. The number of amides is 1. The van der Waals surface area contributed by atoms with Crippen molar-refractivity contribution in [3.8, 4) is 5.75 Å². The molecule has 0 fully saturated rings. The zero-order valence-corrected chi connectivity index (χ0v) is 16.9. The number of ether oxygens (including phenoxy) is 1. The van der Waals surface area contributed by atoms with Crippen LogP contribution in [0.1, 0.15) is 33.6 Å². The summed E-state index contributed by atoms with van der Waals surface area (Å²) in [6.07, 6.45) is 1.48. The molecule has 0 heterocycles. The van der Waals surface area contributed by atoms with Crippen LogP contribution in [0.3, 0.4) is 0 Å².